The van der Waals surface area contributed by atoms with E-state index in [-0.39, 0.29) is 30.4 Å². The number of unbranched alkanes of at least 4 members (excludes halogenated alkanes) is 22. The highest BCUT2D eigenvalue weighted by atomic mass is 16.5. The van der Waals surface area contributed by atoms with Gasteiger partial charge in [0, 0.05) is 13.2 Å². The first kappa shape index (κ1) is 53.8. The molecule has 3 unspecified atom stereocenters. The molecule has 55 heavy (non-hydrogen) atoms. The van der Waals surface area contributed by atoms with Crippen molar-refractivity contribution < 1.29 is 29.3 Å². The summed E-state index contributed by atoms with van der Waals surface area (Å²) in [6.07, 6.45) is 36.5. The van der Waals surface area contributed by atoms with Crippen molar-refractivity contribution in [3.05, 3.63) is 0 Å². The van der Waals surface area contributed by atoms with Crippen molar-refractivity contribution in [2.24, 2.45) is 11.8 Å². The van der Waals surface area contributed by atoms with E-state index < -0.39 is 6.10 Å². The second-order valence-electron chi connectivity index (χ2n) is 16.8. The van der Waals surface area contributed by atoms with Gasteiger partial charge in [0.05, 0.1) is 31.2 Å². The Labute approximate surface area is 342 Å². The molecule has 7 nitrogen and oxygen atoms in total. The molecule has 0 fully saturated rings. The minimum Gasteiger partial charge on any atom is -0.465 e. The van der Waals surface area contributed by atoms with Gasteiger partial charge in [-0.25, -0.2) is 0 Å². The highest BCUT2D eigenvalue weighted by molar-refractivity contribution is 5.72. The molecular formula is C48H95NO6. The van der Waals surface area contributed by atoms with Crippen LogP contribution < -0.4 is 0 Å². The maximum absolute atomic E-state index is 13.0. The molecule has 0 radical (unpaired) electrons. The van der Waals surface area contributed by atoms with Crippen molar-refractivity contribution in [2.45, 2.75) is 246 Å². The van der Waals surface area contributed by atoms with Crippen LogP contribution in [0.15, 0.2) is 0 Å². The minimum atomic E-state index is -0.513. The molecule has 7 heteroatoms. The molecule has 0 heterocycles. The lowest BCUT2D eigenvalue weighted by Crippen LogP contribution is -2.34. The molecule has 0 aliphatic rings. The summed E-state index contributed by atoms with van der Waals surface area (Å²) >= 11 is 0. The quantitative estimate of drug-likeness (QED) is 0.0469. The van der Waals surface area contributed by atoms with E-state index in [1.54, 1.807) is 0 Å². The van der Waals surface area contributed by atoms with Crippen LogP contribution in [-0.4, -0.2) is 72.6 Å². The van der Waals surface area contributed by atoms with Crippen molar-refractivity contribution in [1.29, 1.82) is 0 Å². The standard InChI is InChI=1S/C48H95NO6/c1-5-9-13-17-19-27-35-44(33-25-15-11-7-3)47(52)54-41-31-23-21-29-38-49(43-46(51)37-40-50)39-30-22-24-32-42-55-48(53)45(34-26-16-12-8-4)36-28-20-18-14-10-6-2/h44-46,50-51H,5-43H2,1-4H3. The van der Waals surface area contributed by atoms with Crippen LogP contribution in [0.5, 0.6) is 0 Å². The molecular weight excluding hydrogens is 687 g/mol. The van der Waals surface area contributed by atoms with Crippen molar-refractivity contribution in [3.8, 4) is 0 Å². The Kier molecular flexibility index (Phi) is 41.5. The molecule has 0 spiro atoms. The van der Waals surface area contributed by atoms with Crippen LogP contribution in [0.1, 0.15) is 240 Å². The van der Waals surface area contributed by atoms with E-state index in [1.807, 2.05) is 0 Å². The van der Waals surface area contributed by atoms with Crippen LogP contribution in [0.2, 0.25) is 0 Å². The molecule has 328 valence electrons. The molecule has 0 aliphatic carbocycles. The number of aliphatic hydroxyl groups is 2. The highest BCUT2D eigenvalue weighted by Gasteiger charge is 2.20. The highest BCUT2D eigenvalue weighted by Crippen LogP contribution is 2.22. The average Bonchev–Trinajstić information content (AvgIpc) is 3.17. The van der Waals surface area contributed by atoms with Gasteiger partial charge in [0.25, 0.3) is 0 Å². The molecule has 0 aromatic carbocycles. The fourth-order valence-electron chi connectivity index (χ4n) is 7.73. The number of esters is 2. The summed E-state index contributed by atoms with van der Waals surface area (Å²) < 4.78 is 11.6. The van der Waals surface area contributed by atoms with Gasteiger partial charge >= 0.3 is 11.9 Å². The van der Waals surface area contributed by atoms with E-state index in [1.165, 1.54) is 103 Å². The zero-order chi connectivity index (χ0) is 40.5. The average molecular weight is 782 g/mol. The first-order chi connectivity index (χ1) is 26.9. The van der Waals surface area contributed by atoms with Gasteiger partial charge in [-0.1, -0.05) is 182 Å². The second-order valence-corrected chi connectivity index (χ2v) is 16.8. The first-order valence-corrected chi connectivity index (χ1v) is 24.3. The minimum absolute atomic E-state index is 0.00353. The van der Waals surface area contributed by atoms with Gasteiger partial charge < -0.3 is 24.6 Å². The number of carbonyl (C=O) groups excluding carboxylic acids is 2. The third kappa shape index (κ3) is 35.7. The van der Waals surface area contributed by atoms with Crippen molar-refractivity contribution in [1.82, 2.24) is 4.90 Å². The Bertz CT molecular complexity index is 751. The van der Waals surface area contributed by atoms with Crippen LogP contribution in [0.25, 0.3) is 0 Å². The zero-order valence-electron chi connectivity index (χ0n) is 37.3. The number of hydrogen-bond donors (Lipinski definition) is 2. The van der Waals surface area contributed by atoms with E-state index in [2.05, 4.69) is 32.6 Å². The number of carbonyl (C=O) groups is 2. The molecule has 0 aromatic rings. The van der Waals surface area contributed by atoms with Gasteiger partial charge in [-0.05, 0) is 70.9 Å². The maximum atomic E-state index is 13.0. The number of aliphatic hydroxyl groups excluding tert-OH is 2. The van der Waals surface area contributed by atoms with Gasteiger partial charge in [-0.3, -0.25) is 9.59 Å². The first-order valence-electron chi connectivity index (χ1n) is 24.3. The summed E-state index contributed by atoms with van der Waals surface area (Å²) in [4.78, 5) is 28.3. The lowest BCUT2D eigenvalue weighted by atomic mass is 9.94. The fourth-order valence-corrected chi connectivity index (χ4v) is 7.73. The summed E-state index contributed by atoms with van der Waals surface area (Å²) in [5.74, 6) is 0.179. The molecule has 0 aliphatic heterocycles. The van der Waals surface area contributed by atoms with Gasteiger partial charge in [-0.15, -0.1) is 0 Å². The van der Waals surface area contributed by atoms with Crippen molar-refractivity contribution >= 4 is 11.9 Å². The molecule has 2 N–H and O–H groups in total. The monoisotopic (exact) mass is 782 g/mol. The summed E-state index contributed by atoms with van der Waals surface area (Å²) in [5, 5.41) is 19.8. The molecule has 0 aromatic heterocycles. The predicted molar refractivity (Wildman–Crippen MR) is 233 cm³/mol. The van der Waals surface area contributed by atoms with Crippen LogP contribution in [0.3, 0.4) is 0 Å². The summed E-state index contributed by atoms with van der Waals surface area (Å²) in [6.45, 7) is 12.4. The second kappa shape index (κ2) is 42.4. The van der Waals surface area contributed by atoms with E-state index >= 15 is 0 Å². The van der Waals surface area contributed by atoms with Crippen molar-refractivity contribution in [2.75, 3.05) is 39.5 Å². The van der Waals surface area contributed by atoms with Gasteiger partial charge in [0.1, 0.15) is 0 Å². The Morgan fingerprint density at radius 3 is 1.11 bits per heavy atom. The normalized spacial score (nSPS) is 13.3. The summed E-state index contributed by atoms with van der Waals surface area (Å²) in [7, 11) is 0. The van der Waals surface area contributed by atoms with Crippen molar-refractivity contribution in [3.63, 3.8) is 0 Å². The van der Waals surface area contributed by atoms with E-state index in [9.17, 15) is 19.8 Å². The third-order valence-electron chi connectivity index (χ3n) is 11.4. The maximum Gasteiger partial charge on any atom is 0.308 e. The van der Waals surface area contributed by atoms with E-state index in [0.717, 1.165) is 116 Å². The lowest BCUT2D eigenvalue weighted by molar-refractivity contribution is -0.150. The van der Waals surface area contributed by atoms with E-state index in [0.29, 0.717) is 26.2 Å². The Balaban J connectivity index is 4.46. The SMILES string of the molecule is CCCCCCCCC(CCCCCC)C(=O)OCCCCCCN(CCCCCCOC(=O)C(CCCCCC)CCCCCCCC)CC(O)CCO. The van der Waals surface area contributed by atoms with Crippen LogP contribution in [0.4, 0.5) is 0 Å². The van der Waals surface area contributed by atoms with Gasteiger partial charge in [0.2, 0.25) is 0 Å². The molecule has 3 atom stereocenters. The zero-order valence-corrected chi connectivity index (χ0v) is 37.3. The molecule has 0 rings (SSSR count). The fraction of sp³-hybridized carbons (Fsp3) is 0.958. The number of rotatable bonds is 44. The van der Waals surface area contributed by atoms with Crippen LogP contribution >= 0.6 is 0 Å². The largest absolute Gasteiger partial charge is 0.465 e. The summed E-state index contributed by atoms with van der Waals surface area (Å²) in [5.41, 5.74) is 0. The number of nitrogens with zero attached hydrogens (tertiary/aromatic N) is 1. The van der Waals surface area contributed by atoms with E-state index in [4.69, 9.17) is 9.47 Å². The summed E-state index contributed by atoms with van der Waals surface area (Å²) in [6, 6.07) is 0. The number of ether oxygens (including phenoxy) is 2. The molecule has 0 bridgehead atoms. The molecule has 0 saturated carbocycles. The van der Waals surface area contributed by atoms with Gasteiger partial charge in [-0.2, -0.15) is 0 Å². The molecule has 0 saturated heterocycles. The smallest absolute Gasteiger partial charge is 0.308 e. The Hall–Kier alpha value is -1.18. The Morgan fingerprint density at radius 2 is 0.745 bits per heavy atom. The Morgan fingerprint density at radius 1 is 0.436 bits per heavy atom. The van der Waals surface area contributed by atoms with Crippen LogP contribution in [0, 0.1) is 11.8 Å². The van der Waals surface area contributed by atoms with Crippen LogP contribution in [-0.2, 0) is 19.1 Å². The van der Waals surface area contributed by atoms with Gasteiger partial charge in [0.15, 0.2) is 0 Å². The molecule has 0 amide bonds. The third-order valence-corrected chi connectivity index (χ3v) is 11.4. The number of hydrogen-bond acceptors (Lipinski definition) is 7. The topological polar surface area (TPSA) is 96.3 Å². The predicted octanol–water partition coefficient (Wildman–Crippen LogP) is 12.9. The lowest BCUT2D eigenvalue weighted by Gasteiger charge is -2.25.